The van der Waals surface area contributed by atoms with Gasteiger partial charge in [0.1, 0.15) is 6.61 Å². The fourth-order valence-corrected chi connectivity index (χ4v) is 3.04. The van der Waals surface area contributed by atoms with Gasteiger partial charge in [-0.2, -0.15) is 0 Å². The van der Waals surface area contributed by atoms with E-state index in [1.54, 1.807) is 0 Å². The number of morpholine rings is 1. The van der Waals surface area contributed by atoms with Crippen molar-refractivity contribution < 1.29 is 14.3 Å². The number of rotatable bonds is 7. The Hall–Kier alpha value is -0.610. The molecule has 0 aliphatic carbocycles. The minimum Gasteiger partial charge on any atom is -0.377 e. The molecule has 0 saturated carbocycles. The number of ether oxygens (including phenoxy) is 2. The first-order chi connectivity index (χ1) is 9.81. The summed E-state index contributed by atoms with van der Waals surface area (Å²) in [6.07, 6.45) is 2.21. The van der Waals surface area contributed by atoms with E-state index in [-0.39, 0.29) is 30.7 Å². The molecule has 0 aromatic heterocycles. The van der Waals surface area contributed by atoms with Gasteiger partial charge >= 0.3 is 0 Å². The van der Waals surface area contributed by atoms with Gasteiger partial charge in [-0.05, 0) is 38.5 Å². The smallest absolute Gasteiger partial charge is 0.249 e. The van der Waals surface area contributed by atoms with Crippen molar-refractivity contribution in [3.63, 3.8) is 0 Å². The zero-order valence-corrected chi connectivity index (χ0v) is 14.6. The topological polar surface area (TPSA) is 38.8 Å². The molecular formula is C17H33NO3. The quantitative estimate of drug-likeness (QED) is 0.725. The van der Waals surface area contributed by atoms with Crippen LogP contribution in [0.1, 0.15) is 54.4 Å². The Labute approximate surface area is 130 Å². The van der Waals surface area contributed by atoms with E-state index >= 15 is 0 Å². The lowest BCUT2D eigenvalue weighted by atomic mass is 9.98. The highest BCUT2D eigenvalue weighted by Gasteiger charge is 2.30. The third-order valence-corrected chi connectivity index (χ3v) is 3.87. The molecule has 4 nitrogen and oxygen atoms in total. The number of hydrogen-bond acceptors (Lipinski definition) is 3. The zero-order chi connectivity index (χ0) is 16.0. The van der Waals surface area contributed by atoms with Crippen LogP contribution in [0, 0.1) is 11.8 Å². The molecule has 1 aliphatic rings. The average molecular weight is 299 g/mol. The van der Waals surface area contributed by atoms with Crippen molar-refractivity contribution in [1.29, 1.82) is 0 Å². The van der Waals surface area contributed by atoms with Gasteiger partial charge in [-0.1, -0.05) is 27.7 Å². The minimum absolute atomic E-state index is 0.0933. The van der Waals surface area contributed by atoms with Gasteiger partial charge in [-0.3, -0.25) is 4.79 Å². The van der Waals surface area contributed by atoms with Crippen LogP contribution in [0.2, 0.25) is 0 Å². The monoisotopic (exact) mass is 299 g/mol. The first kappa shape index (κ1) is 18.4. The van der Waals surface area contributed by atoms with Crippen LogP contribution in [-0.2, 0) is 14.3 Å². The molecule has 0 spiro atoms. The van der Waals surface area contributed by atoms with Crippen LogP contribution < -0.4 is 0 Å². The van der Waals surface area contributed by atoms with Crippen LogP contribution in [0.3, 0.4) is 0 Å². The van der Waals surface area contributed by atoms with Gasteiger partial charge in [0.25, 0.3) is 0 Å². The van der Waals surface area contributed by atoms with Crippen molar-refractivity contribution in [2.75, 3.05) is 19.8 Å². The van der Waals surface area contributed by atoms with Crippen molar-refractivity contribution in [3.05, 3.63) is 0 Å². The van der Waals surface area contributed by atoms with Crippen LogP contribution >= 0.6 is 0 Å². The number of carbonyl (C=O) groups is 1. The molecule has 1 fully saturated rings. The van der Waals surface area contributed by atoms with E-state index in [1.807, 2.05) is 18.7 Å². The Morgan fingerprint density at radius 2 is 1.57 bits per heavy atom. The summed E-state index contributed by atoms with van der Waals surface area (Å²) in [4.78, 5) is 14.4. The minimum atomic E-state index is 0.0933. The van der Waals surface area contributed by atoms with Gasteiger partial charge in [0, 0.05) is 0 Å². The average Bonchev–Trinajstić information content (AvgIpc) is 2.34. The van der Waals surface area contributed by atoms with E-state index in [9.17, 15) is 4.79 Å². The second-order valence-corrected chi connectivity index (χ2v) is 7.23. The van der Waals surface area contributed by atoms with Crippen LogP contribution in [0.4, 0.5) is 0 Å². The Kier molecular flexibility index (Phi) is 7.67. The molecule has 1 saturated heterocycles. The Balaban J connectivity index is 2.51. The van der Waals surface area contributed by atoms with E-state index in [0.29, 0.717) is 25.0 Å². The molecule has 2 atom stereocenters. The highest BCUT2D eigenvalue weighted by Crippen LogP contribution is 2.18. The molecule has 21 heavy (non-hydrogen) atoms. The summed E-state index contributed by atoms with van der Waals surface area (Å²) in [5.41, 5.74) is 0. The van der Waals surface area contributed by atoms with Crippen molar-refractivity contribution in [3.8, 4) is 0 Å². The van der Waals surface area contributed by atoms with E-state index in [2.05, 4.69) is 27.7 Å². The summed E-state index contributed by atoms with van der Waals surface area (Å²) in [6.45, 7) is 14.3. The fraction of sp³-hybridized carbons (Fsp3) is 0.941. The third kappa shape index (κ3) is 6.35. The Morgan fingerprint density at radius 1 is 1.10 bits per heavy atom. The van der Waals surface area contributed by atoms with Crippen LogP contribution in [0.5, 0.6) is 0 Å². The summed E-state index contributed by atoms with van der Waals surface area (Å²) in [6, 6.07) is 0.275. The Morgan fingerprint density at radius 3 is 2.00 bits per heavy atom. The summed E-state index contributed by atoms with van der Waals surface area (Å²) in [7, 11) is 0. The van der Waals surface area contributed by atoms with E-state index in [0.717, 1.165) is 12.8 Å². The number of amides is 1. The SMILES string of the molecule is CC(C)CC(CC(C)C)OCC(=O)N1C(C)COCC1C. The fourth-order valence-electron chi connectivity index (χ4n) is 3.04. The molecule has 124 valence electrons. The predicted octanol–water partition coefficient (Wildman–Crippen LogP) is 3.10. The van der Waals surface area contributed by atoms with Gasteiger partial charge in [0.05, 0.1) is 31.4 Å². The first-order valence-corrected chi connectivity index (χ1v) is 8.31. The third-order valence-electron chi connectivity index (χ3n) is 3.87. The maximum Gasteiger partial charge on any atom is 0.249 e. The molecule has 0 N–H and O–H groups in total. The summed E-state index contributed by atoms with van der Waals surface area (Å²) in [5, 5.41) is 0. The first-order valence-electron chi connectivity index (χ1n) is 8.31. The predicted molar refractivity (Wildman–Crippen MR) is 85.2 cm³/mol. The molecule has 0 aromatic rings. The van der Waals surface area contributed by atoms with Crippen LogP contribution in [-0.4, -0.2) is 48.8 Å². The van der Waals surface area contributed by atoms with Crippen molar-refractivity contribution in [2.45, 2.75) is 72.6 Å². The normalized spacial score (nSPS) is 23.4. The van der Waals surface area contributed by atoms with Crippen molar-refractivity contribution in [2.24, 2.45) is 11.8 Å². The summed E-state index contributed by atoms with van der Waals surface area (Å²) in [5.74, 6) is 1.27. The van der Waals surface area contributed by atoms with Crippen LogP contribution in [0.15, 0.2) is 0 Å². The highest BCUT2D eigenvalue weighted by atomic mass is 16.5. The van der Waals surface area contributed by atoms with E-state index in [4.69, 9.17) is 9.47 Å². The standard InChI is InChI=1S/C17H33NO3/c1-12(2)7-16(8-13(3)4)21-11-17(19)18-14(5)9-20-10-15(18)6/h12-16H,7-11H2,1-6H3. The number of carbonyl (C=O) groups excluding carboxylic acids is 1. The lowest BCUT2D eigenvalue weighted by molar-refractivity contribution is -0.151. The van der Waals surface area contributed by atoms with E-state index < -0.39 is 0 Å². The zero-order valence-electron chi connectivity index (χ0n) is 14.6. The summed E-state index contributed by atoms with van der Waals surface area (Å²) >= 11 is 0. The second-order valence-electron chi connectivity index (χ2n) is 7.23. The molecule has 0 aromatic carbocycles. The number of nitrogens with zero attached hydrogens (tertiary/aromatic N) is 1. The van der Waals surface area contributed by atoms with Crippen LogP contribution in [0.25, 0.3) is 0 Å². The second kappa shape index (κ2) is 8.74. The van der Waals surface area contributed by atoms with Gasteiger partial charge in [0.15, 0.2) is 0 Å². The molecule has 1 aliphatic heterocycles. The molecule has 2 unspecified atom stereocenters. The van der Waals surface area contributed by atoms with Gasteiger partial charge in [-0.15, -0.1) is 0 Å². The van der Waals surface area contributed by atoms with Crippen molar-refractivity contribution >= 4 is 5.91 Å². The molecule has 4 heteroatoms. The maximum atomic E-state index is 12.4. The lowest BCUT2D eigenvalue weighted by Crippen LogP contribution is -2.53. The molecule has 0 radical (unpaired) electrons. The highest BCUT2D eigenvalue weighted by molar-refractivity contribution is 5.78. The van der Waals surface area contributed by atoms with Gasteiger partial charge < -0.3 is 14.4 Å². The molecule has 0 bridgehead atoms. The van der Waals surface area contributed by atoms with E-state index in [1.165, 1.54) is 0 Å². The molecule has 1 heterocycles. The Bertz CT molecular complexity index is 297. The maximum absolute atomic E-state index is 12.4. The molecular weight excluding hydrogens is 266 g/mol. The van der Waals surface area contributed by atoms with Gasteiger partial charge in [0.2, 0.25) is 5.91 Å². The molecule has 1 amide bonds. The molecule has 1 rings (SSSR count). The largest absolute Gasteiger partial charge is 0.377 e. The summed E-state index contributed by atoms with van der Waals surface area (Å²) < 4.78 is 11.4. The van der Waals surface area contributed by atoms with Crippen molar-refractivity contribution in [1.82, 2.24) is 4.90 Å². The lowest BCUT2D eigenvalue weighted by Gasteiger charge is -2.39. The number of hydrogen-bond donors (Lipinski definition) is 0. The van der Waals surface area contributed by atoms with Gasteiger partial charge in [-0.25, -0.2) is 0 Å².